The van der Waals surface area contributed by atoms with Gasteiger partial charge >= 0.3 is 0 Å². The zero-order valence-corrected chi connectivity index (χ0v) is 16.3. The molecule has 0 saturated carbocycles. The van der Waals surface area contributed by atoms with Crippen LogP contribution in [-0.4, -0.2) is 45.2 Å². The van der Waals surface area contributed by atoms with Crippen molar-refractivity contribution in [3.05, 3.63) is 23.8 Å². The molecule has 144 valence electrons. The van der Waals surface area contributed by atoms with Crippen molar-refractivity contribution >= 4 is 17.5 Å². The second-order valence-electron chi connectivity index (χ2n) is 7.57. The molecular formula is C20H30N2O4. The zero-order chi connectivity index (χ0) is 19.2. The van der Waals surface area contributed by atoms with E-state index in [9.17, 15) is 9.59 Å². The number of methoxy groups -OCH3 is 1. The predicted molar refractivity (Wildman–Crippen MR) is 102 cm³/mol. The van der Waals surface area contributed by atoms with Crippen LogP contribution in [0.3, 0.4) is 0 Å². The molecule has 0 bridgehead atoms. The Kier molecular flexibility index (Phi) is 7.03. The molecule has 0 aromatic heterocycles. The highest BCUT2D eigenvalue weighted by Gasteiger charge is 2.27. The van der Waals surface area contributed by atoms with Crippen LogP contribution in [0.25, 0.3) is 0 Å². The van der Waals surface area contributed by atoms with E-state index in [0.29, 0.717) is 32.5 Å². The lowest BCUT2D eigenvalue weighted by molar-refractivity contribution is -0.122. The van der Waals surface area contributed by atoms with Crippen molar-refractivity contribution in [1.29, 1.82) is 0 Å². The van der Waals surface area contributed by atoms with E-state index in [4.69, 9.17) is 9.47 Å². The smallest absolute Gasteiger partial charge is 0.265 e. The molecule has 6 heteroatoms. The van der Waals surface area contributed by atoms with E-state index >= 15 is 0 Å². The fraction of sp³-hybridized carbons (Fsp3) is 0.600. The number of hydrogen-bond acceptors (Lipinski definition) is 4. The summed E-state index contributed by atoms with van der Waals surface area (Å²) in [5.74, 6) is 0.663. The van der Waals surface area contributed by atoms with Crippen LogP contribution < -0.4 is 15.0 Å². The molecule has 0 fully saturated rings. The van der Waals surface area contributed by atoms with Crippen molar-refractivity contribution < 1.29 is 19.1 Å². The van der Waals surface area contributed by atoms with Gasteiger partial charge in [-0.05, 0) is 36.0 Å². The first-order valence-electron chi connectivity index (χ1n) is 9.16. The average Bonchev–Trinajstić information content (AvgIpc) is 2.59. The summed E-state index contributed by atoms with van der Waals surface area (Å²) in [6.45, 7) is 8.21. The highest BCUT2D eigenvalue weighted by molar-refractivity contribution is 5.98. The molecule has 0 aliphatic carbocycles. The minimum Gasteiger partial charge on any atom is -0.482 e. The molecule has 1 aliphatic heterocycles. The van der Waals surface area contributed by atoms with Gasteiger partial charge in [0.1, 0.15) is 5.75 Å². The average molecular weight is 362 g/mol. The number of ether oxygens (including phenoxy) is 2. The van der Waals surface area contributed by atoms with Gasteiger partial charge in [0.15, 0.2) is 6.61 Å². The lowest BCUT2D eigenvalue weighted by Gasteiger charge is -2.31. The third-order valence-corrected chi connectivity index (χ3v) is 4.40. The van der Waals surface area contributed by atoms with Crippen LogP contribution in [0.15, 0.2) is 18.2 Å². The molecule has 0 spiro atoms. The van der Waals surface area contributed by atoms with E-state index in [1.165, 1.54) is 0 Å². The summed E-state index contributed by atoms with van der Waals surface area (Å²) in [6.07, 6.45) is 1.81. The summed E-state index contributed by atoms with van der Waals surface area (Å²) in [5, 5.41) is 2.87. The molecular weight excluding hydrogens is 332 g/mol. The van der Waals surface area contributed by atoms with Crippen molar-refractivity contribution in [3.8, 4) is 5.75 Å². The van der Waals surface area contributed by atoms with E-state index in [2.05, 4.69) is 26.1 Å². The van der Waals surface area contributed by atoms with Crippen LogP contribution in [0.4, 0.5) is 5.69 Å². The third kappa shape index (κ3) is 5.46. The van der Waals surface area contributed by atoms with Crippen LogP contribution in [0.5, 0.6) is 5.75 Å². The molecule has 1 aromatic rings. The van der Waals surface area contributed by atoms with E-state index in [1.807, 2.05) is 18.2 Å². The van der Waals surface area contributed by atoms with E-state index in [1.54, 1.807) is 12.0 Å². The van der Waals surface area contributed by atoms with Gasteiger partial charge in [0.05, 0.1) is 5.69 Å². The number of rotatable bonds is 8. The Hall–Kier alpha value is -2.08. The number of benzene rings is 1. The topological polar surface area (TPSA) is 67.9 Å². The Morgan fingerprint density at radius 2 is 2.08 bits per heavy atom. The van der Waals surface area contributed by atoms with Crippen molar-refractivity contribution in [1.82, 2.24) is 5.32 Å². The summed E-state index contributed by atoms with van der Waals surface area (Å²) in [5.41, 5.74) is 1.94. The van der Waals surface area contributed by atoms with Crippen molar-refractivity contribution in [3.63, 3.8) is 0 Å². The van der Waals surface area contributed by atoms with Gasteiger partial charge in [-0.25, -0.2) is 0 Å². The van der Waals surface area contributed by atoms with E-state index < -0.39 is 0 Å². The Bertz CT molecular complexity index is 637. The first kappa shape index (κ1) is 20.2. The van der Waals surface area contributed by atoms with Gasteiger partial charge in [0.2, 0.25) is 5.91 Å². The van der Waals surface area contributed by atoms with Gasteiger partial charge in [-0.3, -0.25) is 9.59 Å². The number of hydrogen-bond donors (Lipinski definition) is 1. The van der Waals surface area contributed by atoms with Crippen LogP contribution in [-0.2, 0) is 19.7 Å². The van der Waals surface area contributed by atoms with Crippen LogP contribution in [0, 0.1) is 0 Å². The molecule has 0 atom stereocenters. The number of nitrogens with one attached hydrogen (secondary N) is 1. The number of carbonyl (C=O) groups is 2. The fourth-order valence-corrected chi connectivity index (χ4v) is 2.84. The van der Waals surface area contributed by atoms with Gasteiger partial charge in [0, 0.05) is 33.2 Å². The summed E-state index contributed by atoms with van der Waals surface area (Å²) in [6, 6.07) is 6.00. The third-order valence-electron chi connectivity index (χ3n) is 4.40. The molecule has 1 aliphatic rings. The Morgan fingerprint density at radius 1 is 1.31 bits per heavy atom. The molecule has 26 heavy (non-hydrogen) atoms. The minimum absolute atomic E-state index is 0.00507. The molecule has 2 rings (SSSR count). The van der Waals surface area contributed by atoms with Crippen LogP contribution in [0.2, 0.25) is 0 Å². The lowest BCUT2D eigenvalue weighted by Crippen LogP contribution is -2.40. The molecule has 6 nitrogen and oxygen atoms in total. The molecule has 1 N–H and O–H groups in total. The van der Waals surface area contributed by atoms with Gasteiger partial charge < -0.3 is 19.7 Å². The molecule has 2 amide bonds. The highest BCUT2D eigenvalue weighted by atomic mass is 16.5. The summed E-state index contributed by atoms with van der Waals surface area (Å²) < 4.78 is 10.5. The van der Waals surface area contributed by atoms with Crippen molar-refractivity contribution in [2.75, 3.05) is 38.3 Å². The predicted octanol–water partition coefficient (Wildman–Crippen LogP) is 2.64. The first-order chi connectivity index (χ1) is 12.3. The number of amides is 2. The molecule has 1 heterocycles. The maximum Gasteiger partial charge on any atom is 0.265 e. The second kappa shape index (κ2) is 9.03. The van der Waals surface area contributed by atoms with E-state index in [0.717, 1.165) is 23.4 Å². The summed E-state index contributed by atoms with van der Waals surface area (Å²) in [4.78, 5) is 25.9. The first-order valence-corrected chi connectivity index (χ1v) is 9.16. The standard InChI is InChI=1S/C20H30N2O4/c1-20(2,3)15-8-9-17-16(13-15)22(19(24)14-26-17)11-5-7-18(23)21-10-6-12-25-4/h8-9,13H,5-7,10-12,14H2,1-4H3,(H,21,23). The molecule has 0 unspecified atom stereocenters. The second-order valence-corrected chi connectivity index (χ2v) is 7.57. The Labute approximate surface area is 155 Å². The molecule has 1 aromatic carbocycles. The van der Waals surface area contributed by atoms with Gasteiger partial charge in [0.25, 0.3) is 5.91 Å². The summed E-state index contributed by atoms with van der Waals surface area (Å²) >= 11 is 0. The molecule has 0 radical (unpaired) electrons. The van der Waals surface area contributed by atoms with Gasteiger partial charge in [-0.2, -0.15) is 0 Å². The maximum atomic E-state index is 12.3. The zero-order valence-electron chi connectivity index (χ0n) is 16.3. The van der Waals surface area contributed by atoms with Crippen molar-refractivity contribution in [2.24, 2.45) is 0 Å². The van der Waals surface area contributed by atoms with Crippen LogP contribution >= 0.6 is 0 Å². The van der Waals surface area contributed by atoms with Crippen LogP contribution in [0.1, 0.15) is 45.6 Å². The maximum absolute atomic E-state index is 12.3. The normalized spacial score (nSPS) is 14.0. The fourth-order valence-electron chi connectivity index (χ4n) is 2.84. The highest BCUT2D eigenvalue weighted by Crippen LogP contribution is 2.36. The largest absolute Gasteiger partial charge is 0.482 e. The number of anilines is 1. The number of carbonyl (C=O) groups excluding carboxylic acids is 2. The number of nitrogens with zero attached hydrogens (tertiary/aromatic N) is 1. The lowest BCUT2D eigenvalue weighted by atomic mass is 9.86. The minimum atomic E-state index is -0.0657. The monoisotopic (exact) mass is 362 g/mol. The van der Waals surface area contributed by atoms with Gasteiger partial charge in [-0.15, -0.1) is 0 Å². The van der Waals surface area contributed by atoms with E-state index in [-0.39, 0.29) is 23.8 Å². The summed E-state index contributed by atoms with van der Waals surface area (Å²) in [7, 11) is 1.64. The number of fused-ring (bicyclic) bond motifs is 1. The SMILES string of the molecule is COCCCNC(=O)CCCN1C(=O)COc2ccc(C(C)(C)C)cc21. The Balaban J connectivity index is 1.95. The Morgan fingerprint density at radius 3 is 2.77 bits per heavy atom. The molecule has 0 saturated heterocycles. The quantitative estimate of drug-likeness (QED) is 0.722. The van der Waals surface area contributed by atoms with Crippen molar-refractivity contribution in [2.45, 2.75) is 45.4 Å². The van der Waals surface area contributed by atoms with Gasteiger partial charge in [-0.1, -0.05) is 26.8 Å².